The van der Waals surface area contributed by atoms with E-state index in [0.29, 0.717) is 35.5 Å². The minimum absolute atomic E-state index is 0.0894. The molecule has 138 valence electrons. The first-order valence-corrected chi connectivity index (χ1v) is 8.75. The Morgan fingerprint density at radius 1 is 1.27 bits per heavy atom. The predicted octanol–water partition coefficient (Wildman–Crippen LogP) is 4.11. The van der Waals surface area contributed by atoms with Crippen molar-refractivity contribution in [1.82, 2.24) is 0 Å². The SMILES string of the molecule is C=C(C)[C@@H]1CCC2=C[C@@H](OC2=O)[C@@H](C(=C)C)c2cc(C(=O)OC)c(o2)C1. The minimum Gasteiger partial charge on any atom is -0.465 e. The van der Waals surface area contributed by atoms with Gasteiger partial charge in [0.15, 0.2) is 0 Å². The molecule has 2 aliphatic heterocycles. The van der Waals surface area contributed by atoms with Gasteiger partial charge in [0.2, 0.25) is 0 Å². The van der Waals surface area contributed by atoms with Crippen LogP contribution in [0.3, 0.4) is 0 Å². The van der Waals surface area contributed by atoms with E-state index in [1.807, 2.05) is 19.9 Å². The number of carbonyl (C=O) groups excluding carboxylic acids is 2. The molecule has 2 aliphatic rings. The number of hydrogen-bond donors (Lipinski definition) is 0. The first-order valence-electron chi connectivity index (χ1n) is 8.75. The summed E-state index contributed by atoms with van der Waals surface area (Å²) in [4.78, 5) is 24.5. The fourth-order valence-electron chi connectivity index (χ4n) is 3.65. The number of carbonyl (C=O) groups is 2. The standard InChI is InChI=1S/C21H24O5/c1-11(2)13-6-7-14-9-17(26-20(14)22)19(12(3)4)18-10-15(21(23)24-5)16(8-13)25-18/h9-10,13,17,19H,1,3,6-8H2,2,4-5H3/t13-,17-,19-/m1/s1. The Hall–Kier alpha value is -2.56. The molecule has 0 fully saturated rings. The molecular weight excluding hydrogens is 332 g/mol. The summed E-state index contributed by atoms with van der Waals surface area (Å²) < 4.78 is 16.6. The molecule has 0 aromatic carbocycles. The number of rotatable bonds is 3. The topological polar surface area (TPSA) is 65.7 Å². The minimum atomic E-state index is -0.471. The van der Waals surface area contributed by atoms with Crippen molar-refractivity contribution in [1.29, 1.82) is 0 Å². The summed E-state index contributed by atoms with van der Waals surface area (Å²) in [6.45, 7) is 11.9. The Balaban J connectivity index is 2.14. The van der Waals surface area contributed by atoms with Crippen LogP contribution in [0.1, 0.15) is 54.5 Å². The van der Waals surface area contributed by atoms with Crippen molar-refractivity contribution in [2.24, 2.45) is 5.92 Å². The second-order valence-corrected chi connectivity index (χ2v) is 7.15. The maximum absolute atomic E-state index is 12.3. The van der Waals surface area contributed by atoms with Crippen LogP contribution in [0.15, 0.2) is 46.4 Å². The summed E-state index contributed by atoms with van der Waals surface area (Å²) in [6, 6.07) is 1.69. The fraction of sp³-hybridized carbons (Fsp3) is 0.429. The quantitative estimate of drug-likeness (QED) is 0.602. The first-order chi connectivity index (χ1) is 12.3. The van der Waals surface area contributed by atoms with Gasteiger partial charge in [-0.05, 0) is 44.7 Å². The van der Waals surface area contributed by atoms with Crippen LogP contribution < -0.4 is 0 Å². The summed E-state index contributed by atoms with van der Waals surface area (Å²) in [7, 11) is 1.35. The van der Waals surface area contributed by atoms with Gasteiger partial charge in [-0.3, -0.25) is 0 Å². The summed E-state index contributed by atoms with van der Waals surface area (Å²) in [5.74, 6) is 0.169. The highest BCUT2D eigenvalue weighted by molar-refractivity contribution is 5.92. The molecule has 3 rings (SSSR count). The molecule has 0 spiro atoms. The highest BCUT2D eigenvalue weighted by Gasteiger charge is 2.37. The van der Waals surface area contributed by atoms with Gasteiger partial charge < -0.3 is 13.9 Å². The zero-order valence-corrected chi connectivity index (χ0v) is 15.5. The lowest BCUT2D eigenvalue weighted by molar-refractivity contribution is -0.140. The summed E-state index contributed by atoms with van der Waals surface area (Å²) in [5.41, 5.74) is 2.88. The Labute approximate surface area is 153 Å². The third-order valence-corrected chi connectivity index (χ3v) is 5.16. The first kappa shape index (κ1) is 18.2. The van der Waals surface area contributed by atoms with Crippen LogP contribution >= 0.6 is 0 Å². The van der Waals surface area contributed by atoms with Gasteiger partial charge >= 0.3 is 11.9 Å². The van der Waals surface area contributed by atoms with Gasteiger partial charge in [0.1, 0.15) is 23.2 Å². The van der Waals surface area contributed by atoms with Crippen LogP contribution in [0, 0.1) is 5.92 Å². The van der Waals surface area contributed by atoms with E-state index in [9.17, 15) is 9.59 Å². The maximum atomic E-state index is 12.3. The van der Waals surface area contributed by atoms with Crippen molar-refractivity contribution >= 4 is 11.9 Å². The fourth-order valence-corrected chi connectivity index (χ4v) is 3.65. The zero-order valence-electron chi connectivity index (χ0n) is 15.5. The molecule has 4 bridgehead atoms. The molecule has 0 amide bonds. The van der Waals surface area contributed by atoms with Crippen molar-refractivity contribution in [3.63, 3.8) is 0 Å². The average Bonchev–Trinajstić information content (AvgIpc) is 3.12. The number of esters is 2. The van der Waals surface area contributed by atoms with E-state index >= 15 is 0 Å². The maximum Gasteiger partial charge on any atom is 0.341 e. The average molecular weight is 356 g/mol. The van der Waals surface area contributed by atoms with E-state index in [4.69, 9.17) is 13.9 Å². The number of hydrogen-bond acceptors (Lipinski definition) is 5. The molecule has 5 heteroatoms. The molecule has 0 N–H and O–H groups in total. The third kappa shape index (κ3) is 3.26. The van der Waals surface area contributed by atoms with E-state index < -0.39 is 12.1 Å². The van der Waals surface area contributed by atoms with Crippen LogP contribution in [0.25, 0.3) is 0 Å². The van der Waals surface area contributed by atoms with E-state index in [1.54, 1.807) is 6.07 Å². The molecule has 3 atom stereocenters. The second kappa shape index (κ2) is 6.98. The van der Waals surface area contributed by atoms with Crippen molar-refractivity contribution in [2.45, 2.75) is 45.1 Å². The molecule has 1 aromatic heterocycles. The number of fused-ring (bicyclic) bond motifs is 3. The van der Waals surface area contributed by atoms with Gasteiger partial charge in [0, 0.05) is 12.0 Å². The molecule has 0 saturated heterocycles. The van der Waals surface area contributed by atoms with Gasteiger partial charge in [0.05, 0.1) is 13.0 Å². The molecule has 0 aliphatic carbocycles. The van der Waals surface area contributed by atoms with Crippen LogP contribution in [0.2, 0.25) is 0 Å². The summed E-state index contributed by atoms with van der Waals surface area (Å²) >= 11 is 0. The molecule has 5 nitrogen and oxygen atoms in total. The Bertz CT molecular complexity index is 810. The van der Waals surface area contributed by atoms with Gasteiger partial charge in [-0.15, -0.1) is 0 Å². The zero-order chi connectivity index (χ0) is 19.0. The normalized spacial score (nSPS) is 25.0. The molecule has 0 unspecified atom stereocenters. The van der Waals surface area contributed by atoms with Crippen LogP contribution in [-0.4, -0.2) is 25.2 Å². The van der Waals surface area contributed by atoms with E-state index in [0.717, 1.165) is 17.6 Å². The molecule has 0 saturated carbocycles. The van der Waals surface area contributed by atoms with Crippen LogP contribution in [0.4, 0.5) is 0 Å². The lowest BCUT2D eigenvalue weighted by Crippen LogP contribution is -2.19. The van der Waals surface area contributed by atoms with E-state index in [2.05, 4.69) is 13.2 Å². The number of ether oxygens (including phenoxy) is 2. The lowest BCUT2D eigenvalue weighted by Gasteiger charge is -2.20. The second-order valence-electron chi connectivity index (χ2n) is 7.15. The Morgan fingerprint density at radius 2 is 2.00 bits per heavy atom. The number of furan rings is 1. The van der Waals surface area contributed by atoms with Crippen molar-refractivity contribution in [2.75, 3.05) is 7.11 Å². The number of methoxy groups -OCH3 is 1. The largest absolute Gasteiger partial charge is 0.465 e. The molecule has 0 radical (unpaired) electrons. The van der Waals surface area contributed by atoms with Gasteiger partial charge in [-0.25, -0.2) is 9.59 Å². The number of allylic oxidation sites excluding steroid dienone is 1. The highest BCUT2D eigenvalue weighted by Crippen LogP contribution is 2.39. The molecular formula is C21H24O5. The monoisotopic (exact) mass is 356 g/mol. The van der Waals surface area contributed by atoms with Crippen LogP contribution in [-0.2, 0) is 20.7 Å². The highest BCUT2D eigenvalue weighted by atomic mass is 16.5. The lowest BCUT2D eigenvalue weighted by atomic mass is 9.87. The van der Waals surface area contributed by atoms with E-state index in [-0.39, 0.29) is 17.8 Å². The Kier molecular flexibility index (Phi) is 4.90. The smallest absolute Gasteiger partial charge is 0.341 e. The molecule has 26 heavy (non-hydrogen) atoms. The van der Waals surface area contributed by atoms with Crippen molar-refractivity contribution in [3.05, 3.63) is 59.1 Å². The van der Waals surface area contributed by atoms with E-state index in [1.165, 1.54) is 7.11 Å². The Morgan fingerprint density at radius 3 is 2.62 bits per heavy atom. The van der Waals surface area contributed by atoms with Crippen LogP contribution in [0.5, 0.6) is 0 Å². The van der Waals surface area contributed by atoms with Gasteiger partial charge in [-0.1, -0.05) is 24.3 Å². The predicted molar refractivity (Wildman–Crippen MR) is 96.8 cm³/mol. The van der Waals surface area contributed by atoms with Crippen molar-refractivity contribution in [3.8, 4) is 0 Å². The molecule has 3 heterocycles. The molecule has 1 aromatic rings. The third-order valence-electron chi connectivity index (χ3n) is 5.16. The van der Waals surface area contributed by atoms with Gasteiger partial charge in [0.25, 0.3) is 0 Å². The summed E-state index contributed by atoms with van der Waals surface area (Å²) in [5, 5.41) is 0. The van der Waals surface area contributed by atoms with Gasteiger partial charge in [-0.2, -0.15) is 0 Å². The van der Waals surface area contributed by atoms with Crippen molar-refractivity contribution < 1.29 is 23.5 Å². The summed E-state index contributed by atoms with van der Waals surface area (Å²) in [6.07, 6.45) is 3.27.